The Morgan fingerprint density at radius 2 is 1.85 bits per heavy atom. The van der Waals surface area contributed by atoms with Crippen molar-refractivity contribution in [2.45, 2.75) is 26.1 Å². The summed E-state index contributed by atoms with van der Waals surface area (Å²) >= 11 is 0. The first-order valence-electron chi connectivity index (χ1n) is 8.34. The average Bonchev–Trinajstić information content (AvgIpc) is 3.22. The number of halogens is 3. The van der Waals surface area contributed by atoms with E-state index in [1.165, 1.54) is 6.07 Å². The zero-order valence-electron chi connectivity index (χ0n) is 14.5. The van der Waals surface area contributed by atoms with Gasteiger partial charge in [0.15, 0.2) is 5.65 Å². The fraction of sp³-hybridized carbons (Fsp3) is 0.294. The number of aromatic amines is 1. The molecule has 0 unspecified atom stereocenters. The monoisotopic (exact) mass is 375 g/mol. The molecule has 0 aliphatic carbocycles. The van der Waals surface area contributed by atoms with E-state index in [1.54, 1.807) is 6.07 Å². The second-order valence-corrected chi connectivity index (χ2v) is 6.52. The summed E-state index contributed by atoms with van der Waals surface area (Å²) in [5, 5.41) is 13.9. The molecule has 0 aliphatic rings. The van der Waals surface area contributed by atoms with Crippen LogP contribution in [-0.4, -0.2) is 29.8 Å². The minimum atomic E-state index is -4.64. The summed E-state index contributed by atoms with van der Waals surface area (Å²) < 4.78 is 39.9. The van der Waals surface area contributed by atoms with E-state index in [9.17, 15) is 13.2 Å². The first kappa shape index (κ1) is 17.3. The second-order valence-electron chi connectivity index (χ2n) is 6.52. The number of hydrogen-bond acceptors (Lipinski definition) is 5. The molecule has 3 aromatic heterocycles. The van der Waals surface area contributed by atoms with Crippen molar-refractivity contribution in [3.63, 3.8) is 0 Å². The number of anilines is 1. The van der Waals surface area contributed by atoms with E-state index in [0.717, 1.165) is 11.0 Å². The third-order valence-electron chi connectivity index (χ3n) is 4.19. The number of hydrogen-bond donors (Lipinski definition) is 2. The van der Waals surface area contributed by atoms with Crippen LogP contribution in [0.15, 0.2) is 36.4 Å². The van der Waals surface area contributed by atoms with Crippen LogP contribution in [0.3, 0.4) is 0 Å². The molecule has 0 saturated heterocycles. The Morgan fingerprint density at radius 1 is 1.07 bits per heavy atom. The lowest BCUT2D eigenvalue weighted by atomic mass is 10.0. The topological polar surface area (TPSA) is 83.8 Å². The molecule has 4 rings (SSSR count). The largest absolute Gasteiger partial charge is 0.453 e. The fourth-order valence-electron chi connectivity index (χ4n) is 2.87. The van der Waals surface area contributed by atoms with Crippen LogP contribution >= 0.6 is 0 Å². The molecule has 140 valence electrons. The number of aromatic nitrogens is 6. The van der Waals surface area contributed by atoms with Crippen LogP contribution in [0.5, 0.6) is 0 Å². The zero-order valence-corrected chi connectivity index (χ0v) is 14.5. The van der Waals surface area contributed by atoms with Gasteiger partial charge in [0, 0.05) is 0 Å². The Hall–Kier alpha value is -3.17. The average molecular weight is 375 g/mol. The number of H-pyrrole nitrogens is 1. The molecule has 1 atom stereocenters. The van der Waals surface area contributed by atoms with Crippen LogP contribution in [0.25, 0.3) is 16.7 Å². The molecule has 27 heavy (non-hydrogen) atoms. The van der Waals surface area contributed by atoms with Crippen molar-refractivity contribution in [3.8, 4) is 0 Å². The number of benzene rings is 1. The number of nitrogens with one attached hydrogen (secondary N) is 2. The first-order valence-corrected chi connectivity index (χ1v) is 8.34. The van der Waals surface area contributed by atoms with Crippen LogP contribution in [-0.2, 0) is 6.18 Å². The van der Waals surface area contributed by atoms with E-state index in [1.807, 2.05) is 38.1 Å². The summed E-state index contributed by atoms with van der Waals surface area (Å²) in [6.45, 7) is 3.98. The molecule has 2 N–H and O–H groups in total. The molecule has 0 amide bonds. The third-order valence-corrected chi connectivity index (χ3v) is 4.19. The Labute approximate surface area is 151 Å². The van der Waals surface area contributed by atoms with Crippen molar-refractivity contribution < 1.29 is 13.2 Å². The predicted molar refractivity (Wildman–Crippen MR) is 93.1 cm³/mol. The summed E-state index contributed by atoms with van der Waals surface area (Å²) in [6.07, 6.45) is -4.64. The van der Waals surface area contributed by atoms with Gasteiger partial charge >= 0.3 is 6.18 Å². The van der Waals surface area contributed by atoms with Crippen molar-refractivity contribution in [2.24, 2.45) is 5.92 Å². The summed E-state index contributed by atoms with van der Waals surface area (Å²) in [5.74, 6) is -0.100. The highest BCUT2D eigenvalue weighted by Crippen LogP contribution is 2.29. The van der Waals surface area contributed by atoms with Crippen molar-refractivity contribution >= 4 is 22.5 Å². The lowest BCUT2D eigenvalue weighted by Gasteiger charge is -2.21. The van der Waals surface area contributed by atoms with E-state index in [4.69, 9.17) is 0 Å². The maximum Gasteiger partial charge on any atom is 0.453 e. The van der Waals surface area contributed by atoms with Gasteiger partial charge in [-0.15, -0.1) is 15.3 Å². The lowest BCUT2D eigenvalue weighted by molar-refractivity contribution is -0.146. The molecule has 0 radical (unpaired) electrons. The van der Waals surface area contributed by atoms with Gasteiger partial charge < -0.3 is 10.3 Å². The smallest absolute Gasteiger partial charge is 0.358 e. The number of fused-ring (bicyclic) bond motifs is 2. The van der Waals surface area contributed by atoms with Crippen LogP contribution in [0, 0.1) is 5.92 Å². The predicted octanol–water partition coefficient (Wildman–Crippen LogP) is 3.83. The number of imidazole rings is 1. The molecule has 0 saturated carbocycles. The van der Waals surface area contributed by atoms with Gasteiger partial charge in [-0.1, -0.05) is 26.0 Å². The minimum Gasteiger partial charge on any atom is -0.358 e. The summed E-state index contributed by atoms with van der Waals surface area (Å²) in [7, 11) is 0. The molecular weight excluding hydrogens is 359 g/mol. The molecular formula is C17H16F3N7. The Bertz CT molecular complexity index is 1060. The normalized spacial score (nSPS) is 13.6. The highest BCUT2D eigenvalue weighted by molar-refractivity contribution is 5.74. The van der Waals surface area contributed by atoms with Crippen LogP contribution in [0.2, 0.25) is 0 Å². The molecule has 4 aromatic rings. The third kappa shape index (κ3) is 3.18. The van der Waals surface area contributed by atoms with Crippen molar-refractivity contribution in [1.82, 2.24) is 29.8 Å². The highest BCUT2D eigenvalue weighted by atomic mass is 19.4. The molecule has 3 heterocycles. The first-order chi connectivity index (χ1) is 12.8. The fourth-order valence-corrected chi connectivity index (χ4v) is 2.87. The molecule has 0 aliphatic heterocycles. The van der Waals surface area contributed by atoms with Gasteiger partial charge in [-0.3, -0.25) is 0 Å². The number of rotatable bonds is 4. The molecule has 7 nitrogen and oxygen atoms in total. The van der Waals surface area contributed by atoms with Gasteiger partial charge in [-0.2, -0.15) is 17.7 Å². The van der Waals surface area contributed by atoms with Crippen LogP contribution in [0.4, 0.5) is 19.0 Å². The zero-order chi connectivity index (χ0) is 19.2. The maximum atomic E-state index is 13.1. The molecule has 1 aromatic carbocycles. The van der Waals surface area contributed by atoms with E-state index < -0.39 is 12.0 Å². The van der Waals surface area contributed by atoms with E-state index in [-0.39, 0.29) is 23.4 Å². The number of alkyl halides is 3. The van der Waals surface area contributed by atoms with Crippen molar-refractivity contribution in [1.29, 1.82) is 0 Å². The molecule has 0 fully saturated rings. The van der Waals surface area contributed by atoms with Gasteiger partial charge in [0.05, 0.1) is 17.1 Å². The molecule has 10 heteroatoms. The van der Waals surface area contributed by atoms with Gasteiger partial charge in [-0.05, 0) is 30.2 Å². The second kappa shape index (κ2) is 6.22. The van der Waals surface area contributed by atoms with Crippen molar-refractivity contribution in [3.05, 3.63) is 48.0 Å². The summed E-state index contributed by atoms with van der Waals surface area (Å²) in [4.78, 5) is 7.83. The standard InChI is InChI=1S/C17H16F3N7/c1-9(2)14(15-21-10-5-3-4-6-11(10)22-15)23-12-7-8-13-24-25-16(17(18,19)20)27(13)26-12/h3-9,14H,1-2H3,(H,21,22)(H,23,26)/t14-/m1/s1. The van der Waals surface area contributed by atoms with Crippen LogP contribution < -0.4 is 5.32 Å². The number of para-hydroxylation sites is 2. The Balaban J connectivity index is 1.71. The van der Waals surface area contributed by atoms with Crippen LogP contribution in [0.1, 0.15) is 31.5 Å². The maximum absolute atomic E-state index is 13.1. The Kier molecular flexibility index (Phi) is 3.97. The SMILES string of the molecule is CC(C)[C@@H](Nc1ccc2nnc(C(F)(F)F)n2n1)c1nc2ccccc2[nH]1. The summed E-state index contributed by atoms with van der Waals surface area (Å²) in [5.41, 5.74) is 1.74. The van der Waals surface area contributed by atoms with Crippen molar-refractivity contribution in [2.75, 3.05) is 5.32 Å². The van der Waals surface area contributed by atoms with E-state index in [0.29, 0.717) is 10.3 Å². The van der Waals surface area contributed by atoms with E-state index >= 15 is 0 Å². The van der Waals surface area contributed by atoms with Gasteiger partial charge in [0.1, 0.15) is 11.6 Å². The van der Waals surface area contributed by atoms with Gasteiger partial charge in [0.2, 0.25) is 0 Å². The van der Waals surface area contributed by atoms with Gasteiger partial charge in [-0.25, -0.2) is 4.98 Å². The summed E-state index contributed by atoms with van der Waals surface area (Å²) in [6, 6.07) is 10.3. The quantitative estimate of drug-likeness (QED) is 0.566. The van der Waals surface area contributed by atoms with E-state index in [2.05, 4.69) is 30.6 Å². The number of nitrogens with zero attached hydrogens (tertiary/aromatic N) is 5. The lowest BCUT2D eigenvalue weighted by Crippen LogP contribution is -2.20. The highest BCUT2D eigenvalue weighted by Gasteiger charge is 2.37. The molecule has 0 spiro atoms. The molecule has 0 bridgehead atoms. The Morgan fingerprint density at radius 3 is 2.56 bits per heavy atom. The van der Waals surface area contributed by atoms with Gasteiger partial charge in [0.25, 0.3) is 5.82 Å². The minimum absolute atomic E-state index is 0.0257.